The number of alkyl halides is 2. The van der Waals surface area contributed by atoms with Gasteiger partial charge in [-0.3, -0.25) is 4.99 Å². The molecule has 1 aromatic carbocycles. The lowest BCUT2D eigenvalue weighted by molar-refractivity contribution is -0.0498. The van der Waals surface area contributed by atoms with E-state index in [0.717, 1.165) is 17.9 Å². The van der Waals surface area contributed by atoms with Crippen LogP contribution in [0.5, 0.6) is 5.75 Å². The molecule has 2 rings (SSSR count). The van der Waals surface area contributed by atoms with Crippen LogP contribution >= 0.6 is 0 Å². The van der Waals surface area contributed by atoms with Gasteiger partial charge < -0.3 is 15.4 Å². The van der Waals surface area contributed by atoms with E-state index in [2.05, 4.69) is 20.4 Å². The van der Waals surface area contributed by atoms with Gasteiger partial charge in [0.1, 0.15) is 5.75 Å². The maximum absolute atomic E-state index is 12.0. The third-order valence-corrected chi connectivity index (χ3v) is 3.11. The first kappa shape index (κ1) is 13.6. The molecule has 2 N–H and O–H groups in total. The quantitative estimate of drug-likeness (QED) is 0.648. The average molecular weight is 269 g/mol. The second-order valence-corrected chi connectivity index (χ2v) is 4.36. The first-order valence-corrected chi connectivity index (χ1v) is 6.10. The highest BCUT2D eigenvalue weighted by atomic mass is 19.3. The zero-order chi connectivity index (χ0) is 13.8. The minimum atomic E-state index is -2.78. The van der Waals surface area contributed by atoms with Gasteiger partial charge in [0.15, 0.2) is 5.96 Å². The van der Waals surface area contributed by atoms with Crippen molar-refractivity contribution in [2.45, 2.75) is 25.0 Å². The Balaban J connectivity index is 1.91. The number of guanidine groups is 1. The Bertz CT molecular complexity index is 448. The summed E-state index contributed by atoms with van der Waals surface area (Å²) in [5.41, 5.74) is 1.12. The first-order chi connectivity index (χ1) is 9.13. The molecule has 6 heteroatoms. The van der Waals surface area contributed by atoms with Gasteiger partial charge in [0.2, 0.25) is 0 Å². The minimum Gasteiger partial charge on any atom is -0.435 e. The predicted octanol–water partition coefficient (Wildman–Crippen LogP) is 1.94. The van der Waals surface area contributed by atoms with Crippen LogP contribution in [0.3, 0.4) is 0 Å². The number of aliphatic imine (C=N–C) groups is 1. The molecule has 104 valence electrons. The third kappa shape index (κ3) is 3.56. The fourth-order valence-electron chi connectivity index (χ4n) is 2.04. The Hall–Kier alpha value is -1.85. The lowest BCUT2D eigenvalue weighted by Crippen LogP contribution is -2.36. The van der Waals surface area contributed by atoms with E-state index in [1.807, 2.05) is 19.2 Å². The molecule has 0 bridgehead atoms. The molecule has 1 aromatic rings. The minimum absolute atomic E-state index is 0.190. The Morgan fingerprint density at radius 3 is 2.58 bits per heavy atom. The zero-order valence-corrected chi connectivity index (χ0v) is 10.9. The molecule has 1 saturated carbocycles. The van der Waals surface area contributed by atoms with Gasteiger partial charge >= 0.3 is 6.61 Å². The summed E-state index contributed by atoms with van der Waals surface area (Å²) in [5.74, 6) is 1.34. The van der Waals surface area contributed by atoms with E-state index in [1.165, 1.54) is 0 Å². The Labute approximate surface area is 110 Å². The second kappa shape index (κ2) is 5.86. The van der Waals surface area contributed by atoms with Gasteiger partial charge in [0.25, 0.3) is 0 Å². The average Bonchev–Trinajstić information content (AvgIpc) is 3.15. The number of ether oxygens (including phenoxy) is 1. The molecule has 2 atom stereocenters. The van der Waals surface area contributed by atoms with Crippen molar-refractivity contribution in [3.63, 3.8) is 0 Å². The lowest BCUT2D eigenvalue weighted by atomic mass is 10.1. The van der Waals surface area contributed by atoms with Crippen LogP contribution in [0.15, 0.2) is 29.3 Å². The monoisotopic (exact) mass is 269 g/mol. The molecule has 1 aliphatic rings. The van der Waals surface area contributed by atoms with Crippen LogP contribution in [0.1, 0.15) is 17.9 Å². The second-order valence-electron chi connectivity index (χ2n) is 4.36. The SMILES string of the molecule is CN=C(NC)N[C@@H]1C[C@H]1c1ccc(OC(F)F)cc1. The van der Waals surface area contributed by atoms with Gasteiger partial charge in [-0.1, -0.05) is 12.1 Å². The van der Waals surface area contributed by atoms with Crippen LogP contribution < -0.4 is 15.4 Å². The largest absolute Gasteiger partial charge is 0.435 e. The molecule has 1 aliphatic carbocycles. The highest BCUT2D eigenvalue weighted by molar-refractivity contribution is 5.80. The lowest BCUT2D eigenvalue weighted by Gasteiger charge is -2.08. The van der Waals surface area contributed by atoms with E-state index in [-0.39, 0.29) is 5.75 Å². The van der Waals surface area contributed by atoms with Gasteiger partial charge in [-0.25, -0.2) is 0 Å². The Kier molecular flexibility index (Phi) is 4.19. The number of hydrogen-bond acceptors (Lipinski definition) is 2. The summed E-state index contributed by atoms with van der Waals surface area (Å²) in [6.45, 7) is -2.78. The van der Waals surface area contributed by atoms with Gasteiger partial charge in [-0.15, -0.1) is 0 Å². The van der Waals surface area contributed by atoms with E-state index >= 15 is 0 Å². The molecule has 0 unspecified atom stereocenters. The van der Waals surface area contributed by atoms with Crippen LogP contribution in [0.25, 0.3) is 0 Å². The standard InChI is InChI=1S/C13H17F2N3O/c1-16-13(17-2)18-11-7-10(11)8-3-5-9(6-4-8)19-12(14)15/h3-6,10-12H,7H2,1-2H3,(H2,16,17,18)/t10-,11+/m0/s1. The molecular formula is C13H17F2N3O. The topological polar surface area (TPSA) is 45.7 Å². The smallest absolute Gasteiger partial charge is 0.387 e. The summed E-state index contributed by atoms with van der Waals surface area (Å²) >= 11 is 0. The molecule has 0 radical (unpaired) electrons. The van der Waals surface area contributed by atoms with Crippen LogP contribution in [-0.2, 0) is 0 Å². The van der Waals surface area contributed by atoms with Crippen molar-refractivity contribution >= 4 is 5.96 Å². The molecule has 0 heterocycles. The number of halogens is 2. The number of hydrogen-bond donors (Lipinski definition) is 2. The number of nitrogens with one attached hydrogen (secondary N) is 2. The van der Waals surface area contributed by atoms with Gasteiger partial charge in [-0.05, 0) is 24.1 Å². The summed E-state index contributed by atoms with van der Waals surface area (Å²) in [6, 6.07) is 7.14. The molecule has 4 nitrogen and oxygen atoms in total. The van der Waals surface area contributed by atoms with Gasteiger partial charge in [-0.2, -0.15) is 8.78 Å². The maximum Gasteiger partial charge on any atom is 0.387 e. The molecule has 0 aliphatic heterocycles. The Morgan fingerprint density at radius 2 is 2.05 bits per heavy atom. The van der Waals surface area contributed by atoms with Crippen molar-refractivity contribution in [3.8, 4) is 5.75 Å². The van der Waals surface area contributed by atoms with Crippen molar-refractivity contribution in [1.29, 1.82) is 0 Å². The van der Waals surface area contributed by atoms with E-state index in [0.29, 0.717) is 12.0 Å². The fourth-order valence-corrected chi connectivity index (χ4v) is 2.04. The maximum atomic E-state index is 12.0. The fraction of sp³-hybridized carbons (Fsp3) is 0.462. The van der Waals surface area contributed by atoms with Crippen molar-refractivity contribution in [1.82, 2.24) is 10.6 Å². The summed E-state index contributed by atoms with van der Waals surface area (Å²) < 4.78 is 28.4. The summed E-state index contributed by atoms with van der Waals surface area (Å²) in [5, 5.41) is 6.23. The Morgan fingerprint density at radius 1 is 1.37 bits per heavy atom. The van der Waals surface area contributed by atoms with E-state index in [1.54, 1.807) is 19.2 Å². The van der Waals surface area contributed by atoms with E-state index in [4.69, 9.17) is 0 Å². The van der Waals surface area contributed by atoms with Crippen LogP contribution in [-0.4, -0.2) is 32.7 Å². The molecular weight excluding hydrogens is 252 g/mol. The number of rotatable bonds is 4. The summed E-state index contributed by atoms with van der Waals surface area (Å²) in [7, 11) is 3.52. The predicted molar refractivity (Wildman–Crippen MR) is 69.8 cm³/mol. The normalized spacial score (nSPS) is 22.3. The highest BCUT2D eigenvalue weighted by Gasteiger charge is 2.38. The van der Waals surface area contributed by atoms with Crippen molar-refractivity contribution in [2.75, 3.05) is 14.1 Å². The van der Waals surface area contributed by atoms with E-state index < -0.39 is 6.61 Å². The van der Waals surface area contributed by atoms with Crippen molar-refractivity contribution in [3.05, 3.63) is 29.8 Å². The van der Waals surface area contributed by atoms with Crippen LogP contribution in [0.2, 0.25) is 0 Å². The summed E-state index contributed by atoms with van der Waals surface area (Å²) in [4.78, 5) is 4.05. The van der Waals surface area contributed by atoms with Crippen LogP contribution in [0.4, 0.5) is 8.78 Å². The zero-order valence-electron chi connectivity index (χ0n) is 10.9. The molecule has 1 fully saturated rings. The van der Waals surface area contributed by atoms with E-state index in [9.17, 15) is 8.78 Å². The number of nitrogens with zero attached hydrogens (tertiary/aromatic N) is 1. The third-order valence-electron chi connectivity index (χ3n) is 3.11. The first-order valence-electron chi connectivity index (χ1n) is 6.10. The molecule has 19 heavy (non-hydrogen) atoms. The van der Waals surface area contributed by atoms with Gasteiger partial charge in [0, 0.05) is 26.1 Å². The van der Waals surface area contributed by atoms with Crippen LogP contribution in [0, 0.1) is 0 Å². The summed E-state index contributed by atoms with van der Waals surface area (Å²) in [6.07, 6.45) is 1.01. The molecule has 0 aromatic heterocycles. The highest BCUT2D eigenvalue weighted by Crippen LogP contribution is 2.41. The van der Waals surface area contributed by atoms with Crippen molar-refractivity contribution in [2.24, 2.45) is 4.99 Å². The molecule has 0 saturated heterocycles. The molecule has 0 amide bonds. The molecule has 0 spiro atoms. The number of benzene rings is 1. The van der Waals surface area contributed by atoms with Gasteiger partial charge in [0.05, 0.1) is 0 Å². The van der Waals surface area contributed by atoms with Crippen molar-refractivity contribution < 1.29 is 13.5 Å².